The maximum atomic E-state index is 6.25. The number of nitrogens with two attached hydrogens (primary N) is 1. The quantitative estimate of drug-likeness (QED) is 0.570. The van der Waals surface area contributed by atoms with Crippen LogP contribution in [0.1, 0.15) is 4.44 Å². The van der Waals surface area contributed by atoms with Gasteiger partial charge in [0.2, 0.25) is 0 Å². The molecule has 2 aromatic carbocycles. The fourth-order valence-electron chi connectivity index (χ4n) is 2.13. The number of nitrogen functional groups attached to an aromatic ring is 1. The number of para-hydroxylation sites is 1. The van der Waals surface area contributed by atoms with Crippen molar-refractivity contribution >= 4 is 20.2 Å². The minimum absolute atomic E-state index is 0.176. The fourth-order valence-corrected chi connectivity index (χ4v) is 4.07. The monoisotopic (exact) mass is 329 g/mol. The number of benzene rings is 2. The maximum absolute atomic E-state index is 6.25. The average Bonchev–Trinajstić information content (AvgIpc) is 2.75. The summed E-state index contributed by atoms with van der Waals surface area (Å²) in [5.74, 6) is 6.25. The molecular weight excluding hydrogens is 313 g/mol. The van der Waals surface area contributed by atoms with Crippen molar-refractivity contribution in [3.63, 3.8) is 0 Å². The normalized spacial score (nSPS) is 11.8. The molecule has 3 nitrogen and oxygen atoms in total. The first-order chi connectivity index (χ1) is 9.75. The molecule has 0 aliphatic carbocycles. The Morgan fingerprint density at radius 1 is 0.950 bits per heavy atom. The zero-order valence-corrected chi connectivity index (χ0v) is 12.9. The second-order valence-corrected chi connectivity index (χ2v) is 6.95. The van der Waals surface area contributed by atoms with Crippen LogP contribution in [-0.4, -0.2) is 19.2 Å². The van der Waals surface area contributed by atoms with Gasteiger partial charge in [0.1, 0.15) is 0 Å². The molecule has 0 saturated heterocycles. The van der Waals surface area contributed by atoms with Crippen LogP contribution in [0.5, 0.6) is 0 Å². The predicted molar refractivity (Wildman–Crippen MR) is 83.4 cm³/mol. The fraction of sp³-hybridized carbons (Fsp3) is 0.0625. The molecular formula is C16H15N3Se. The summed E-state index contributed by atoms with van der Waals surface area (Å²) < 4.78 is 3.98. The summed E-state index contributed by atoms with van der Waals surface area (Å²) in [4.78, 5) is 4.67. The van der Waals surface area contributed by atoms with Gasteiger partial charge >= 0.3 is 123 Å². The van der Waals surface area contributed by atoms with Crippen LogP contribution in [0.15, 0.2) is 65.7 Å². The van der Waals surface area contributed by atoms with Crippen molar-refractivity contribution in [3.8, 4) is 11.3 Å². The van der Waals surface area contributed by atoms with Crippen LogP contribution in [0.2, 0.25) is 0 Å². The van der Waals surface area contributed by atoms with E-state index in [4.69, 9.17) is 5.84 Å². The van der Waals surface area contributed by atoms with Gasteiger partial charge in [-0.15, -0.1) is 0 Å². The summed E-state index contributed by atoms with van der Waals surface area (Å²) in [5, 5.41) is 0. The predicted octanol–water partition coefficient (Wildman–Crippen LogP) is 2.47. The van der Waals surface area contributed by atoms with Gasteiger partial charge in [0.15, 0.2) is 0 Å². The summed E-state index contributed by atoms with van der Waals surface area (Å²) in [5.41, 5.74) is 3.18. The summed E-state index contributed by atoms with van der Waals surface area (Å²) in [6.45, 7) is 2.13. The second kappa shape index (κ2) is 5.53. The molecule has 0 aliphatic rings. The van der Waals surface area contributed by atoms with Crippen LogP contribution in [0.4, 0.5) is 5.69 Å². The second-order valence-electron chi connectivity index (χ2n) is 4.47. The minimum atomic E-state index is 0.176. The van der Waals surface area contributed by atoms with Gasteiger partial charge in [-0.25, -0.2) is 0 Å². The summed E-state index contributed by atoms with van der Waals surface area (Å²) in [7, 11) is 0. The number of hydrogen-bond donors (Lipinski definition) is 1. The Labute approximate surface area is 123 Å². The first-order valence-electron chi connectivity index (χ1n) is 6.38. The van der Waals surface area contributed by atoms with Crippen molar-refractivity contribution in [2.75, 3.05) is 5.84 Å². The van der Waals surface area contributed by atoms with Crippen LogP contribution in [-0.2, 0) is 0 Å². The SMILES string of the molecule is Cc1[se]c(=Nc2ccccc2)n(N)c1-c1ccccc1. The summed E-state index contributed by atoms with van der Waals surface area (Å²) in [6, 6.07) is 20.2. The van der Waals surface area contributed by atoms with Gasteiger partial charge in [-0.2, -0.15) is 0 Å². The number of aromatic nitrogens is 1. The zero-order valence-electron chi connectivity index (χ0n) is 11.2. The number of nitrogens with zero attached hydrogens (tertiary/aromatic N) is 2. The van der Waals surface area contributed by atoms with E-state index in [1.807, 2.05) is 48.5 Å². The third-order valence-corrected chi connectivity index (χ3v) is 5.09. The van der Waals surface area contributed by atoms with Crippen molar-refractivity contribution in [2.24, 2.45) is 4.99 Å². The Kier molecular flexibility index (Phi) is 3.59. The van der Waals surface area contributed by atoms with Gasteiger partial charge in [-0.1, -0.05) is 0 Å². The summed E-state index contributed by atoms with van der Waals surface area (Å²) in [6.07, 6.45) is 0. The molecule has 3 rings (SSSR count). The average molecular weight is 328 g/mol. The molecule has 0 radical (unpaired) electrons. The topological polar surface area (TPSA) is 43.3 Å². The van der Waals surface area contributed by atoms with E-state index in [1.54, 1.807) is 4.68 Å². The van der Waals surface area contributed by atoms with Gasteiger partial charge < -0.3 is 0 Å². The Morgan fingerprint density at radius 3 is 2.20 bits per heavy atom. The van der Waals surface area contributed by atoms with Gasteiger partial charge in [0, 0.05) is 0 Å². The Balaban J connectivity index is 2.15. The van der Waals surface area contributed by atoms with Crippen molar-refractivity contribution in [1.29, 1.82) is 0 Å². The van der Waals surface area contributed by atoms with Crippen molar-refractivity contribution in [3.05, 3.63) is 69.5 Å². The van der Waals surface area contributed by atoms with Crippen molar-refractivity contribution in [2.45, 2.75) is 6.92 Å². The van der Waals surface area contributed by atoms with E-state index in [2.05, 4.69) is 24.0 Å². The zero-order chi connectivity index (χ0) is 13.9. The van der Waals surface area contributed by atoms with Crippen molar-refractivity contribution in [1.82, 2.24) is 4.68 Å². The van der Waals surface area contributed by atoms with E-state index in [1.165, 1.54) is 4.44 Å². The molecule has 0 amide bonds. The molecule has 0 atom stereocenters. The van der Waals surface area contributed by atoms with E-state index >= 15 is 0 Å². The molecule has 0 fully saturated rings. The van der Waals surface area contributed by atoms with Gasteiger partial charge in [0.25, 0.3) is 0 Å². The Bertz CT molecular complexity index is 770. The van der Waals surface area contributed by atoms with E-state index in [0.717, 1.165) is 21.3 Å². The molecule has 0 spiro atoms. The molecule has 3 aromatic rings. The van der Waals surface area contributed by atoms with Crippen LogP contribution in [0.25, 0.3) is 11.3 Å². The molecule has 4 heteroatoms. The standard InChI is InChI=1S/C16H15N3Se/c1-12-15(13-8-4-2-5-9-13)19(17)16(20-12)18-14-10-6-3-7-11-14/h2-11H,17H2,1H3. The van der Waals surface area contributed by atoms with E-state index < -0.39 is 0 Å². The number of rotatable bonds is 2. The van der Waals surface area contributed by atoms with Crippen LogP contribution >= 0.6 is 0 Å². The molecule has 20 heavy (non-hydrogen) atoms. The van der Waals surface area contributed by atoms with Gasteiger partial charge in [0.05, 0.1) is 0 Å². The molecule has 0 aliphatic heterocycles. The number of aryl methyl sites for hydroxylation is 1. The summed E-state index contributed by atoms with van der Waals surface area (Å²) >= 11 is 0.176. The molecule has 0 saturated carbocycles. The van der Waals surface area contributed by atoms with E-state index in [9.17, 15) is 0 Å². The van der Waals surface area contributed by atoms with Gasteiger partial charge in [-0.05, 0) is 0 Å². The first kappa shape index (κ1) is 13.0. The van der Waals surface area contributed by atoms with Crippen LogP contribution in [0.3, 0.4) is 0 Å². The van der Waals surface area contributed by atoms with E-state index in [0.29, 0.717) is 0 Å². The molecule has 1 heterocycles. The first-order valence-corrected chi connectivity index (χ1v) is 8.10. The van der Waals surface area contributed by atoms with E-state index in [-0.39, 0.29) is 14.5 Å². The van der Waals surface area contributed by atoms with Crippen molar-refractivity contribution < 1.29 is 0 Å². The van der Waals surface area contributed by atoms with Crippen LogP contribution in [0, 0.1) is 6.92 Å². The molecule has 100 valence electrons. The number of hydrogen-bond acceptors (Lipinski definition) is 2. The van der Waals surface area contributed by atoms with Gasteiger partial charge in [-0.3, -0.25) is 0 Å². The van der Waals surface area contributed by atoms with Crippen LogP contribution < -0.4 is 10.2 Å². The molecule has 1 aromatic heterocycles. The molecule has 0 unspecified atom stereocenters. The third-order valence-electron chi connectivity index (χ3n) is 3.05. The third kappa shape index (κ3) is 2.48. The Morgan fingerprint density at radius 2 is 1.55 bits per heavy atom. The Hall–Kier alpha value is -2.03. The molecule has 0 bridgehead atoms. The molecule has 2 N–H and O–H groups in total.